The van der Waals surface area contributed by atoms with Crippen molar-refractivity contribution >= 4 is 21.9 Å². The SMILES string of the molecule is CCCCCOc1ccc2c(oc3c(C)c(CCC)ccc32)c1C. The van der Waals surface area contributed by atoms with Crippen molar-refractivity contribution in [2.24, 2.45) is 0 Å². The number of ether oxygens (including phenoxy) is 1. The quantitative estimate of drug-likeness (QED) is 0.450. The molecule has 3 aromatic rings. The predicted molar refractivity (Wildman–Crippen MR) is 102 cm³/mol. The number of unbranched alkanes of at least 4 members (excludes halogenated alkanes) is 2. The smallest absolute Gasteiger partial charge is 0.142 e. The first-order valence-electron chi connectivity index (χ1n) is 9.24. The lowest BCUT2D eigenvalue weighted by atomic mass is 10.0. The van der Waals surface area contributed by atoms with Crippen molar-refractivity contribution in [1.82, 2.24) is 0 Å². The monoisotopic (exact) mass is 324 g/mol. The molecule has 0 unspecified atom stereocenters. The minimum Gasteiger partial charge on any atom is -0.493 e. The Balaban J connectivity index is 2.01. The molecule has 1 aromatic heterocycles. The molecule has 128 valence electrons. The van der Waals surface area contributed by atoms with E-state index in [-0.39, 0.29) is 0 Å². The van der Waals surface area contributed by atoms with Crippen LogP contribution >= 0.6 is 0 Å². The van der Waals surface area contributed by atoms with Crippen molar-refractivity contribution < 1.29 is 9.15 Å². The molecule has 0 aliphatic heterocycles. The largest absolute Gasteiger partial charge is 0.493 e. The van der Waals surface area contributed by atoms with Gasteiger partial charge in [0, 0.05) is 16.3 Å². The number of hydrogen-bond donors (Lipinski definition) is 0. The molecular weight excluding hydrogens is 296 g/mol. The molecular formula is C22H28O2. The molecule has 0 fully saturated rings. The Morgan fingerprint density at radius 2 is 1.54 bits per heavy atom. The third-order valence-electron chi connectivity index (χ3n) is 4.89. The van der Waals surface area contributed by atoms with Crippen LogP contribution < -0.4 is 4.74 Å². The summed E-state index contributed by atoms with van der Waals surface area (Å²) in [6.07, 6.45) is 5.79. The summed E-state index contributed by atoms with van der Waals surface area (Å²) in [6, 6.07) is 8.69. The fraction of sp³-hybridized carbons (Fsp3) is 0.455. The van der Waals surface area contributed by atoms with Gasteiger partial charge in [0.1, 0.15) is 16.9 Å². The van der Waals surface area contributed by atoms with Crippen LogP contribution in [0.15, 0.2) is 28.7 Å². The van der Waals surface area contributed by atoms with Gasteiger partial charge in [-0.1, -0.05) is 45.2 Å². The van der Waals surface area contributed by atoms with Gasteiger partial charge in [0.15, 0.2) is 0 Å². The van der Waals surface area contributed by atoms with Crippen LogP contribution in [0.1, 0.15) is 56.2 Å². The van der Waals surface area contributed by atoms with Crippen LogP contribution in [0, 0.1) is 13.8 Å². The predicted octanol–water partition coefficient (Wildman–Crippen LogP) is 6.72. The van der Waals surface area contributed by atoms with E-state index in [0.29, 0.717) is 0 Å². The first-order chi connectivity index (χ1) is 11.7. The second-order valence-electron chi connectivity index (χ2n) is 6.70. The van der Waals surface area contributed by atoms with Crippen LogP contribution in [-0.4, -0.2) is 6.61 Å². The minimum atomic E-state index is 0.778. The van der Waals surface area contributed by atoms with E-state index in [1.165, 1.54) is 34.7 Å². The van der Waals surface area contributed by atoms with E-state index in [4.69, 9.17) is 9.15 Å². The minimum absolute atomic E-state index is 0.778. The van der Waals surface area contributed by atoms with Crippen molar-refractivity contribution in [3.63, 3.8) is 0 Å². The average Bonchev–Trinajstić information content (AvgIpc) is 2.96. The maximum Gasteiger partial charge on any atom is 0.142 e. The summed E-state index contributed by atoms with van der Waals surface area (Å²) in [5.41, 5.74) is 5.77. The molecule has 0 atom stereocenters. The van der Waals surface area contributed by atoms with Gasteiger partial charge >= 0.3 is 0 Å². The lowest BCUT2D eigenvalue weighted by Gasteiger charge is -2.08. The third-order valence-corrected chi connectivity index (χ3v) is 4.89. The molecule has 0 spiro atoms. The zero-order chi connectivity index (χ0) is 17.1. The van der Waals surface area contributed by atoms with Crippen LogP contribution in [0.4, 0.5) is 0 Å². The van der Waals surface area contributed by atoms with Crippen molar-refractivity contribution in [1.29, 1.82) is 0 Å². The van der Waals surface area contributed by atoms with Gasteiger partial charge in [0.25, 0.3) is 0 Å². The second-order valence-corrected chi connectivity index (χ2v) is 6.70. The Hall–Kier alpha value is -1.96. The van der Waals surface area contributed by atoms with Gasteiger partial charge in [-0.3, -0.25) is 0 Å². The number of aryl methyl sites for hydroxylation is 3. The Morgan fingerprint density at radius 1 is 0.833 bits per heavy atom. The zero-order valence-corrected chi connectivity index (χ0v) is 15.4. The highest BCUT2D eigenvalue weighted by molar-refractivity contribution is 6.07. The van der Waals surface area contributed by atoms with Crippen LogP contribution in [0.3, 0.4) is 0 Å². The highest BCUT2D eigenvalue weighted by atomic mass is 16.5. The first-order valence-corrected chi connectivity index (χ1v) is 9.24. The Labute approximate surface area is 144 Å². The summed E-state index contributed by atoms with van der Waals surface area (Å²) >= 11 is 0. The van der Waals surface area contributed by atoms with Crippen molar-refractivity contribution in [3.05, 3.63) is 41.0 Å². The van der Waals surface area contributed by atoms with Crippen molar-refractivity contribution in [2.45, 2.75) is 59.8 Å². The van der Waals surface area contributed by atoms with E-state index < -0.39 is 0 Å². The summed E-state index contributed by atoms with van der Waals surface area (Å²) in [5, 5.41) is 2.40. The highest BCUT2D eigenvalue weighted by Crippen LogP contribution is 2.37. The van der Waals surface area contributed by atoms with Crippen molar-refractivity contribution in [3.8, 4) is 5.75 Å². The third kappa shape index (κ3) is 3.02. The maximum absolute atomic E-state index is 6.29. The van der Waals surface area contributed by atoms with Gasteiger partial charge < -0.3 is 9.15 Å². The van der Waals surface area contributed by atoms with Gasteiger partial charge in [0.05, 0.1) is 6.61 Å². The fourth-order valence-corrected chi connectivity index (χ4v) is 3.43. The standard InChI is InChI=1S/C22H28O2/c1-5-7-8-14-23-20-13-12-19-18-11-10-17(9-6-2)15(3)21(18)24-22(19)16(20)4/h10-13H,5-9,14H2,1-4H3. The lowest BCUT2D eigenvalue weighted by Crippen LogP contribution is -1.98. The summed E-state index contributed by atoms with van der Waals surface area (Å²) < 4.78 is 12.3. The molecule has 3 rings (SSSR count). The van der Waals surface area contributed by atoms with E-state index in [2.05, 4.69) is 52.0 Å². The number of benzene rings is 2. The molecule has 0 N–H and O–H groups in total. The van der Waals surface area contributed by atoms with Gasteiger partial charge in [-0.25, -0.2) is 0 Å². The van der Waals surface area contributed by atoms with Gasteiger partial charge in [-0.15, -0.1) is 0 Å². The summed E-state index contributed by atoms with van der Waals surface area (Å²) in [4.78, 5) is 0. The topological polar surface area (TPSA) is 22.4 Å². The van der Waals surface area contributed by atoms with Crippen LogP contribution in [0.2, 0.25) is 0 Å². The molecule has 2 heteroatoms. The van der Waals surface area contributed by atoms with E-state index in [1.54, 1.807) is 0 Å². The zero-order valence-electron chi connectivity index (χ0n) is 15.4. The van der Waals surface area contributed by atoms with Crippen LogP contribution in [0.5, 0.6) is 5.75 Å². The van der Waals surface area contributed by atoms with E-state index in [1.807, 2.05) is 0 Å². The Kier molecular flexibility index (Phi) is 5.13. The second kappa shape index (κ2) is 7.29. The highest BCUT2D eigenvalue weighted by Gasteiger charge is 2.15. The molecule has 1 heterocycles. The number of furan rings is 1. The van der Waals surface area contributed by atoms with Crippen LogP contribution in [0.25, 0.3) is 21.9 Å². The molecule has 0 saturated carbocycles. The molecule has 0 amide bonds. The molecule has 2 nitrogen and oxygen atoms in total. The summed E-state index contributed by atoms with van der Waals surface area (Å²) in [6.45, 7) is 9.48. The molecule has 0 radical (unpaired) electrons. The molecule has 24 heavy (non-hydrogen) atoms. The molecule has 0 aliphatic carbocycles. The molecule has 0 saturated heterocycles. The Bertz CT molecular complexity index is 842. The number of fused-ring (bicyclic) bond motifs is 3. The Morgan fingerprint density at radius 3 is 2.25 bits per heavy atom. The molecule has 0 bridgehead atoms. The fourth-order valence-electron chi connectivity index (χ4n) is 3.43. The van der Waals surface area contributed by atoms with Gasteiger partial charge in [-0.2, -0.15) is 0 Å². The molecule has 2 aromatic carbocycles. The summed E-state index contributed by atoms with van der Waals surface area (Å²) in [5.74, 6) is 0.948. The van der Waals surface area contributed by atoms with E-state index >= 15 is 0 Å². The van der Waals surface area contributed by atoms with Crippen LogP contribution in [-0.2, 0) is 6.42 Å². The average molecular weight is 324 g/mol. The lowest BCUT2D eigenvalue weighted by molar-refractivity contribution is 0.304. The number of rotatable bonds is 7. The van der Waals surface area contributed by atoms with Gasteiger partial charge in [0.2, 0.25) is 0 Å². The van der Waals surface area contributed by atoms with Crippen molar-refractivity contribution in [2.75, 3.05) is 6.61 Å². The normalized spacial score (nSPS) is 11.5. The first kappa shape index (κ1) is 16.9. The maximum atomic E-state index is 6.29. The van der Waals surface area contributed by atoms with E-state index in [0.717, 1.165) is 48.3 Å². The summed E-state index contributed by atoms with van der Waals surface area (Å²) in [7, 11) is 0. The molecule has 0 aliphatic rings. The van der Waals surface area contributed by atoms with Gasteiger partial charge in [-0.05, 0) is 49.9 Å². The van der Waals surface area contributed by atoms with E-state index in [9.17, 15) is 0 Å². The number of hydrogen-bond acceptors (Lipinski definition) is 2.